The zero-order valence-corrected chi connectivity index (χ0v) is 11.3. The van der Waals surface area contributed by atoms with Crippen LogP contribution >= 0.6 is 15.9 Å². The molecule has 0 heterocycles. The van der Waals surface area contributed by atoms with Crippen LogP contribution in [0.25, 0.3) is 0 Å². The molecule has 1 aromatic carbocycles. The van der Waals surface area contributed by atoms with Gasteiger partial charge in [0.25, 0.3) is 0 Å². The Kier molecular flexibility index (Phi) is 5.24. The molecular weight excluding hydrogens is 294 g/mol. The van der Waals surface area contributed by atoms with E-state index < -0.39 is 10.0 Å². The van der Waals surface area contributed by atoms with Crippen molar-refractivity contribution in [2.75, 3.05) is 23.7 Å². The van der Waals surface area contributed by atoms with Gasteiger partial charge in [-0.25, -0.2) is 8.42 Å². The molecular formula is C10H14BrNO3S. The van der Waals surface area contributed by atoms with E-state index in [1.54, 1.807) is 18.2 Å². The number of nitrogens with one attached hydrogen (secondary N) is 1. The highest BCUT2D eigenvalue weighted by Crippen LogP contribution is 2.16. The number of rotatable bonds is 6. The first-order valence-corrected chi connectivity index (χ1v) is 7.32. The Labute approximate surface area is 104 Å². The quantitative estimate of drug-likeness (QED) is 0.820. The number of halogens is 1. The second-order valence-electron chi connectivity index (χ2n) is 3.13. The molecule has 6 heteroatoms. The van der Waals surface area contributed by atoms with E-state index in [-0.39, 0.29) is 12.4 Å². The van der Waals surface area contributed by atoms with E-state index >= 15 is 0 Å². The lowest BCUT2D eigenvalue weighted by Gasteiger charge is -2.08. The maximum atomic E-state index is 11.6. The average Bonchev–Trinajstić information content (AvgIpc) is 2.17. The molecule has 0 bridgehead atoms. The molecule has 0 aliphatic carbocycles. The normalized spacial score (nSPS) is 11.4. The Hall–Kier alpha value is -0.590. The maximum absolute atomic E-state index is 11.6. The van der Waals surface area contributed by atoms with Crippen LogP contribution in [0, 0.1) is 0 Å². The zero-order chi connectivity index (χ0) is 12.0. The largest absolute Gasteiger partial charge is 0.381 e. The van der Waals surface area contributed by atoms with Gasteiger partial charge in [0.2, 0.25) is 10.0 Å². The summed E-state index contributed by atoms with van der Waals surface area (Å²) in [6.07, 6.45) is 0. The van der Waals surface area contributed by atoms with Gasteiger partial charge in [-0.3, -0.25) is 4.72 Å². The molecule has 1 N–H and O–H groups in total. The van der Waals surface area contributed by atoms with Crippen LogP contribution in [0.5, 0.6) is 0 Å². The highest BCUT2D eigenvalue weighted by molar-refractivity contribution is 9.10. The summed E-state index contributed by atoms with van der Waals surface area (Å²) in [5.41, 5.74) is 0.547. The van der Waals surface area contributed by atoms with Gasteiger partial charge in [0.05, 0.1) is 12.4 Å². The molecule has 0 atom stereocenters. The van der Waals surface area contributed by atoms with Gasteiger partial charge in [0, 0.05) is 16.8 Å². The van der Waals surface area contributed by atoms with Crippen molar-refractivity contribution in [1.29, 1.82) is 0 Å². The molecule has 0 radical (unpaired) electrons. The molecule has 0 unspecified atom stereocenters. The molecule has 16 heavy (non-hydrogen) atoms. The lowest BCUT2D eigenvalue weighted by molar-refractivity contribution is 0.163. The third-order valence-corrected chi connectivity index (χ3v) is 3.54. The van der Waals surface area contributed by atoms with Crippen molar-refractivity contribution in [2.45, 2.75) is 6.92 Å². The summed E-state index contributed by atoms with van der Waals surface area (Å²) in [7, 11) is -3.32. The minimum atomic E-state index is -3.32. The van der Waals surface area contributed by atoms with Crippen LogP contribution in [0.2, 0.25) is 0 Å². The predicted molar refractivity (Wildman–Crippen MR) is 68.0 cm³/mol. The van der Waals surface area contributed by atoms with Crippen LogP contribution in [-0.4, -0.2) is 27.4 Å². The third-order valence-electron chi connectivity index (χ3n) is 1.80. The van der Waals surface area contributed by atoms with Gasteiger partial charge in [0.1, 0.15) is 0 Å². The van der Waals surface area contributed by atoms with E-state index in [1.165, 1.54) is 0 Å². The number of hydrogen-bond acceptors (Lipinski definition) is 3. The fraction of sp³-hybridized carbons (Fsp3) is 0.400. The summed E-state index contributed by atoms with van der Waals surface area (Å²) < 4.78 is 31.5. The number of benzene rings is 1. The molecule has 0 aliphatic rings. The monoisotopic (exact) mass is 307 g/mol. The molecule has 0 aliphatic heterocycles. The standard InChI is InChI=1S/C10H14BrNO3S/c1-2-15-6-7-16(13,14)12-10-5-3-4-9(11)8-10/h3-5,8,12H,2,6-7H2,1H3. The molecule has 1 rings (SSSR count). The summed E-state index contributed by atoms with van der Waals surface area (Å²) in [5.74, 6) is -0.0344. The van der Waals surface area contributed by atoms with Crippen molar-refractivity contribution in [3.63, 3.8) is 0 Å². The first-order valence-electron chi connectivity index (χ1n) is 4.87. The Morgan fingerprint density at radius 2 is 2.19 bits per heavy atom. The summed E-state index contributed by atoms with van der Waals surface area (Å²) in [4.78, 5) is 0. The van der Waals surface area contributed by atoms with Crippen molar-refractivity contribution in [1.82, 2.24) is 0 Å². The van der Waals surface area contributed by atoms with Crippen LogP contribution in [0.1, 0.15) is 6.92 Å². The van der Waals surface area contributed by atoms with E-state index in [0.29, 0.717) is 12.3 Å². The van der Waals surface area contributed by atoms with Crippen molar-refractivity contribution in [3.8, 4) is 0 Å². The Morgan fingerprint density at radius 3 is 2.81 bits per heavy atom. The van der Waals surface area contributed by atoms with Crippen LogP contribution in [0.15, 0.2) is 28.7 Å². The zero-order valence-electron chi connectivity index (χ0n) is 8.94. The topological polar surface area (TPSA) is 55.4 Å². The summed E-state index contributed by atoms with van der Waals surface area (Å²) in [6.45, 7) is 2.56. The predicted octanol–water partition coefficient (Wildman–Crippen LogP) is 2.23. The minimum Gasteiger partial charge on any atom is -0.381 e. The smallest absolute Gasteiger partial charge is 0.235 e. The SMILES string of the molecule is CCOCCS(=O)(=O)Nc1cccc(Br)c1. The highest BCUT2D eigenvalue weighted by atomic mass is 79.9. The van der Waals surface area contributed by atoms with E-state index in [4.69, 9.17) is 4.74 Å². The minimum absolute atomic E-state index is 0.0344. The molecule has 0 saturated heterocycles. The highest BCUT2D eigenvalue weighted by Gasteiger charge is 2.09. The van der Waals surface area contributed by atoms with Crippen molar-refractivity contribution >= 4 is 31.6 Å². The van der Waals surface area contributed by atoms with Gasteiger partial charge >= 0.3 is 0 Å². The second-order valence-corrected chi connectivity index (χ2v) is 5.89. The van der Waals surface area contributed by atoms with Crippen LogP contribution < -0.4 is 4.72 Å². The lowest BCUT2D eigenvalue weighted by Crippen LogP contribution is -2.20. The molecule has 1 aromatic rings. The van der Waals surface area contributed by atoms with Gasteiger partial charge in [0.15, 0.2) is 0 Å². The first-order chi connectivity index (χ1) is 7.53. The average molecular weight is 308 g/mol. The van der Waals surface area contributed by atoms with E-state index in [1.807, 2.05) is 13.0 Å². The summed E-state index contributed by atoms with van der Waals surface area (Å²) in [5, 5.41) is 0. The Morgan fingerprint density at radius 1 is 1.44 bits per heavy atom. The number of hydrogen-bond donors (Lipinski definition) is 1. The third kappa shape index (κ3) is 4.96. The molecule has 0 fully saturated rings. The number of ether oxygens (including phenoxy) is 1. The number of sulfonamides is 1. The van der Waals surface area contributed by atoms with Crippen molar-refractivity contribution in [3.05, 3.63) is 28.7 Å². The van der Waals surface area contributed by atoms with E-state index in [0.717, 1.165) is 4.47 Å². The first kappa shape index (κ1) is 13.5. The lowest BCUT2D eigenvalue weighted by atomic mass is 10.3. The van der Waals surface area contributed by atoms with Gasteiger partial charge in [-0.1, -0.05) is 22.0 Å². The fourth-order valence-electron chi connectivity index (χ4n) is 1.10. The van der Waals surface area contributed by atoms with Crippen LogP contribution in [-0.2, 0) is 14.8 Å². The van der Waals surface area contributed by atoms with Crippen molar-refractivity contribution in [2.24, 2.45) is 0 Å². The van der Waals surface area contributed by atoms with Gasteiger partial charge in [-0.05, 0) is 25.1 Å². The molecule has 0 saturated carbocycles. The van der Waals surface area contributed by atoms with Gasteiger partial charge in [-0.15, -0.1) is 0 Å². The molecule has 0 spiro atoms. The summed E-state index contributed by atoms with van der Waals surface area (Å²) in [6, 6.07) is 7.00. The van der Waals surface area contributed by atoms with Crippen molar-refractivity contribution < 1.29 is 13.2 Å². The fourth-order valence-corrected chi connectivity index (χ4v) is 2.42. The summed E-state index contributed by atoms with van der Waals surface area (Å²) >= 11 is 3.27. The second kappa shape index (κ2) is 6.22. The molecule has 90 valence electrons. The van der Waals surface area contributed by atoms with E-state index in [2.05, 4.69) is 20.7 Å². The molecule has 0 amide bonds. The number of anilines is 1. The molecule has 0 aromatic heterocycles. The van der Waals surface area contributed by atoms with Gasteiger partial charge in [-0.2, -0.15) is 0 Å². The maximum Gasteiger partial charge on any atom is 0.235 e. The van der Waals surface area contributed by atoms with Crippen LogP contribution in [0.4, 0.5) is 5.69 Å². The van der Waals surface area contributed by atoms with Gasteiger partial charge < -0.3 is 4.74 Å². The Balaban J connectivity index is 2.59. The molecule has 4 nitrogen and oxygen atoms in total. The van der Waals surface area contributed by atoms with Crippen LogP contribution in [0.3, 0.4) is 0 Å². The van der Waals surface area contributed by atoms with E-state index in [9.17, 15) is 8.42 Å². The Bertz CT molecular complexity index is 433.